The van der Waals surface area contributed by atoms with E-state index < -0.39 is 0 Å². The predicted molar refractivity (Wildman–Crippen MR) is 80.4 cm³/mol. The number of rotatable bonds is 5. The number of ether oxygens (including phenoxy) is 1. The Labute approximate surface area is 117 Å². The zero-order chi connectivity index (χ0) is 13.1. The van der Waals surface area contributed by atoms with E-state index in [9.17, 15) is 0 Å². The molecule has 0 amide bonds. The summed E-state index contributed by atoms with van der Waals surface area (Å²) in [6.07, 6.45) is 12.0. The van der Waals surface area contributed by atoms with Crippen LogP contribution in [0.3, 0.4) is 0 Å². The van der Waals surface area contributed by atoms with Crippen LogP contribution in [0.25, 0.3) is 0 Å². The lowest BCUT2D eigenvalue weighted by atomic mass is 9.83. The summed E-state index contributed by atoms with van der Waals surface area (Å²) < 4.78 is 6.70. The standard InChI is InChI=1S/C15H29NOS/c1-14(2,18-3)12-16-11-13-7-10-15(17-13)8-5-4-6-9-15/h13,16H,4-12H2,1-3H3. The molecule has 2 aliphatic rings. The van der Waals surface area contributed by atoms with Crippen LogP contribution in [0.5, 0.6) is 0 Å². The Morgan fingerprint density at radius 3 is 2.61 bits per heavy atom. The molecule has 18 heavy (non-hydrogen) atoms. The Bertz CT molecular complexity index is 261. The largest absolute Gasteiger partial charge is 0.370 e. The summed E-state index contributed by atoms with van der Waals surface area (Å²) in [5.74, 6) is 0. The fourth-order valence-electron chi connectivity index (χ4n) is 3.21. The molecule has 0 bridgehead atoms. The molecular formula is C15H29NOS. The predicted octanol–water partition coefficient (Wildman–Crippen LogP) is 3.60. The van der Waals surface area contributed by atoms with Crippen molar-refractivity contribution in [1.29, 1.82) is 0 Å². The van der Waals surface area contributed by atoms with Crippen molar-refractivity contribution >= 4 is 11.8 Å². The summed E-state index contributed by atoms with van der Waals surface area (Å²) in [6, 6.07) is 0. The van der Waals surface area contributed by atoms with Crippen LogP contribution in [-0.4, -0.2) is 35.8 Å². The molecule has 1 unspecified atom stereocenters. The van der Waals surface area contributed by atoms with Gasteiger partial charge in [-0.25, -0.2) is 0 Å². The molecule has 1 saturated carbocycles. The Balaban J connectivity index is 1.69. The van der Waals surface area contributed by atoms with Crippen molar-refractivity contribution in [1.82, 2.24) is 5.32 Å². The van der Waals surface area contributed by atoms with Gasteiger partial charge in [0.2, 0.25) is 0 Å². The van der Waals surface area contributed by atoms with Crippen LogP contribution in [0.2, 0.25) is 0 Å². The molecule has 0 aromatic heterocycles. The first-order valence-electron chi connectivity index (χ1n) is 7.49. The Morgan fingerprint density at radius 2 is 1.94 bits per heavy atom. The van der Waals surface area contributed by atoms with Crippen molar-refractivity contribution in [2.75, 3.05) is 19.3 Å². The third kappa shape index (κ3) is 3.88. The van der Waals surface area contributed by atoms with E-state index in [-0.39, 0.29) is 5.60 Å². The van der Waals surface area contributed by atoms with Crippen LogP contribution in [0.4, 0.5) is 0 Å². The normalized spacial score (nSPS) is 27.8. The van der Waals surface area contributed by atoms with Gasteiger partial charge in [-0.15, -0.1) is 0 Å². The molecule has 1 spiro atoms. The number of hydrogen-bond donors (Lipinski definition) is 1. The highest BCUT2D eigenvalue weighted by Crippen LogP contribution is 2.41. The summed E-state index contributed by atoms with van der Waals surface area (Å²) in [7, 11) is 0. The molecule has 0 aromatic rings. The highest BCUT2D eigenvalue weighted by atomic mass is 32.2. The van der Waals surface area contributed by atoms with Crippen molar-refractivity contribution in [2.45, 2.75) is 75.2 Å². The second-order valence-corrected chi connectivity index (χ2v) is 8.13. The summed E-state index contributed by atoms with van der Waals surface area (Å²) >= 11 is 1.93. The third-order valence-corrected chi connectivity index (χ3v) is 5.83. The number of nitrogens with one attached hydrogen (secondary N) is 1. The Hall–Kier alpha value is 0.270. The van der Waals surface area contributed by atoms with Crippen molar-refractivity contribution in [3.63, 3.8) is 0 Å². The van der Waals surface area contributed by atoms with Crippen molar-refractivity contribution < 1.29 is 4.74 Å². The maximum atomic E-state index is 6.37. The van der Waals surface area contributed by atoms with Crippen molar-refractivity contribution in [2.24, 2.45) is 0 Å². The van der Waals surface area contributed by atoms with Crippen LogP contribution in [0, 0.1) is 0 Å². The summed E-state index contributed by atoms with van der Waals surface area (Å²) in [5, 5.41) is 3.59. The van der Waals surface area contributed by atoms with Crippen LogP contribution in [0.15, 0.2) is 0 Å². The van der Waals surface area contributed by atoms with E-state index in [0.717, 1.165) is 13.1 Å². The first-order valence-corrected chi connectivity index (χ1v) is 8.71. The SMILES string of the molecule is CSC(C)(C)CNCC1CCC2(CCCCC2)O1. The summed E-state index contributed by atoms with van der Waals surface area (Å²) in [6.45, 7) is 6.69. The molecule has 1 N–H and O–H groups in total. The van der Waals surface area contributed by atoms with Gasteiger partial charge < -0.3 is 10.1 Å². The van der Waals surface area contributed by atoms with Crippen LogP contribution < -0.4 is 5.32 Å². The molecule has 2 rings (SSSR count). The van der Waals surface area contributed by atoms with Crippen LogP contribution in [-0.2, 0) is 4.74 Å². The maximum absolute atomic E-state index is 6.37. The van der Waals surface area contributed by atoms with Gasteiger partial charge in [0.25, 0.3) is 0 Å². The molecule has 1 atom stereocenters. The lowest BCUT2D eigenvalue weighted by Gasteiger charge is -2.33. The molecule has 2 nitrogen and oxygen atoms in total. The lowest BCUT2D eigenvalue weighted by molar-refractivity contribution is -0.0623. The topological polar surface area (TPSA) is 21.3 Å². The maximum Gasteiger partial charge on any atom is 0.0708 e. The van der Waals surface area contributed by atoms with Gasteiger partial charge in [0, 0.05) is 17.8 Å². The molecule has 1 saturated heterocycles. The first-order chi connectivity index (χ1) is 8.55. The molecule has 2 fully saturated rings. The van der Waals surface area contributed by atoms with E-state index >= 15 is 0 Å². The second-order valence-electron chi connectivity index (χ2n) is 6.62. The van der Waals surface area contributed by atoms with E-state index in [1.165, 1.54) is 44.9 Å². The minimum Gasteiger partial charge on any atom is -0.370 e. The number of thioether (sulfide) groups is 1. The van der Waals surface area contributed by atoms with Crippen molar-refractivity contribution in [3.8, 4) is 0 Å². The quantitative estimate of drug-likeness (QED) is 0.825. The third-order valence-electron chi connectivity index (χ3n) is 4.58. The highest BCUT2D eigenvalue weighted by molar-refractivity contribution is 7.99. The van der Waals surface area contributed by atoms with Crippen molar-refractivity contribution in [3.05, 3.63) is 0 Å². The van der Waals surface area contributed by atoms with Gasteiger partial charge in [-0.1, -0.05) is 19.3 Å². The molecule has 0 aromatic carbocycles. The van der Waals surface area contributed by atoms with Gasteiger partial charge in [-0.3, -0.25) is 0 Å². The fraction of sp³-hybridized carbons (Fsp3) is 1.00. The second kappa shape index (κ2) is 6.15. The van der Waals surface area contributed by atoms with Gasteiger partial charge >= 0.3 is 0 Å². The van der Waals surface area contributed by atoms with Gasteiger partial charge in [0.1, 0.15) is 0 Å². The van der Waals surface area contributed by atoms with E-state index in [0.29, 0.717) is 10.9 Å². The summed E-state index contributed by atoms with van der Waals surface area (Å²) in [4.78, 5) is 0. The Kier molecular flexibility index (Phi) is 5.01. The van der Waals surface area contributed by atoms with Crippen LogP contribution in [0.1, 0.15) is 58.8 Å². The average molecular weight is 271 g/mol. The van der Waals surface area contributed by atoms with Gasteiger partial charge in [0.05, 0.1) is 11.7 Å². The monoisotopic (exact) mass is 271 g/mol. The number of hydrogen-bond acceptors (Lipinski definition) is 3. The molecule has 1 aliphatic heterocycles. The lowest BCUT2D eigenvalue weighted by Crippen LogP contribution is -2.38. The van der Waals surface area contributed by atoms with E-state index in [4.69, 9.17) is 4.74 Å². The average Bonchev–Trinajstić information content (AvgIpc) is 2.73. The van der Waals surface area contributed by atoms with Gasteiger partial charge in [0.15, 0.2) is 0 Å². The fourth-order valence-corrected chi connectivity index (χ4v) is 3.46. The summed E-state index contributed by atoms with van der Waals surface area (Å²) in [5.41, 5.74) is 0.277. The molecule has 3 heteroatoms. The highest BCUT2D eigenvalue weighted by Gasteiger charge is 2.40. The molecule has 1 heterocycles. The molecule has 1 aliphatic carbocycles. The van der Waals surface area contributed by atoms with Gasteiger partial charge in [-0.2, -0.15) is 11.8 Å². The molecule has 106 valence electrons. The van der Waals surface area contributed by atoms with E-state index in [1.54, 1.807) is 0 Å². The molecular weight excluding hydrogens is 242 g/mol. The van der Waals surface area contributed by atoms with Crippen LogP contribution >= 0.6 is 11.8 Å². The molecule has 0 radical (unpaired) electrons. The zero-order valence-electron chi connectivity index (χ0n) is 12.3. The van der Waals surface area contributed by atoms with Gasteiger partial charge in [-0.05, 0) is 45.8 Å². The minimum atomic E-state index is 0.277. The smallest absolute Gasteiger partial charge is 0.0708 e. The first kappa shape index (κ1) is 14.7. The minimum absolute atomic E-state index is 0.277. The van der Waals surface area contributed by atoms with E-state index in [1.807, 2.05) is 11.8 Å². The Morgan fingerprint density at radius 1 is 1.22 bits per heavy atom. The zero-order valence-corrected chi connectivity index (χ0v) is 13.1. The van der Waals surface area contributed by atoms with E-state index in [2.05, 4.69) is 25.4 Å².